The third-order valence-electron chi connectivity index (χ3n) is 1.19. The minimum absolute atomic E-state index is 0.347. The van der Waals surface area contributed by atoms with Gasteiger partial charge in [0.25, 0.3) is 0 Å². The number of esters is 1. The van der Waals surface area contributed by atoms with Gasteiger partial charge < -0.3 is 15.6 Å². The van der Waals surface area contributed by atoms with Crippen LogP contribution in [-0.4, -0.2) is 28.8 Å². The molecule has 0 fully saturated rings. The number of carbonyl (C=O) groups excluding carboxylic acids is 1. The molecule has 4 nitrogen and oxygen atoms in total. The van der Waals surface area contributed by atoms with Gasteiger partial charge in [-0.3, -0.25) is 0 Å². The van der Waals surface area contributed by atoms with Crippen molar-refractivity contribution in [2.75, 3.05) is 0 Å². The summed E-state index contributed by atoms with van der Waals surface area (Å²) in [5.74, 6) is -0.606. The van der Waals surface area contributed by atoms with E-state index in [1.54, 1.807) is 27.7 Å². The molecule has 0 aliphatic rings. The fraction of sp³-hybridized carbons (Fsp3) is 0.875. The second-order valence-corrected chi connectivity index (χ2v) is 3.96. The minimum Gasteiger partial charge on any atom is -0.458 e. The Morgan fingerprint density at radius 3 is 2.17 bits per heavy atom. The standard InChI is InChI=1S/C8H17NO3/c1-5(9)6(10)7(11)12-8(2,3)4/h5-6,10H,9H2,1-4H3/p+1/t5-,6-/m0/s1. The average Bonchev–Trinajstić information content (AvgIpc) is 1.82. The van der Waals surface area contributed by atoms with Crippen molar-refractivity contribution in [3.63, 3.8) is 0 Å². The first-order valence-corrected chi connectivity index (χ1v) is 3.98. The molecule has 0 spiro atoms. The highest BCUT2D eigenvalue weighted by Crippen LogP contribution is 2.08. The van der Waals surface area contributed by atoms with Crippen molar-refractivity contribution < 1.29 is 20.4 Å². The zero-order valence-electron chi connectivity index (χ0n) is 8.13. The lowest BCUT2D eigenvalue weighted by Gasteiger charge is -2.21. The van der Waals surface area contributed by atoms with Crippen LogP contribution in [0.3, 0.4) is 0 Å². The average molecular weight is 176 g/mol. The van der Waals surface area contributed by atoms with Crippen molar-refractivity contribution in [2.45, 2.75) is 45.4 Å². The predicted molar refractivity (Wildman–Crippen MR) is 44.2 cm³/mol. The van der Waals surface area contributed by atoms with E-state index in [1.807, 2.05) is 0 Å². The number of quaternary nitrogens is 1. The van der Waals surface area contributed by atoms with Gasteiger partial charge in [0.05, 0.1) is 0 Å². The number of carbonyl (C=O) groups is 1. The summed E-state index contributed by atoms with van der Waals surface area (Å²) < 4.78 is 4.93. The number of ether oxygens (including phenoxy) is 1. The van der Waals surface area contributed by atoms with E-state index >= 15 is 0 Å². The van der Waals surface area contributed by atoms with Crippen LogP contribution in [0, 0.1) is 0 Å². The van der Waals surface area contributed by atoms with Gasteiger partial charge in [-0.1, -0.05) is 0 Å². The third-order valence-corrected chi connectivity index (χ3v) is 1.19. The maximum atomic E-state index is 11.1. The molecule has 72 valence electrons. The molecule has 0 bridgehead atoms. The summed E-state index contributed by atoms with van der Waals surface area (Å²) >= 11 is 0. The minimum atomic E-state index is -1.12. The maximum absolute atomic E-state index is 11.1. The smallest absolute Gasteiger partial charge is 0.341 e. The normalized spacial score (nSPS) is 16.8. The highest BCUT2D eigenvalue weighted by molar-refractivity contribution is 5.75. The lowest BCUT2D eigenvalue weighted by atomic mass is 10.1. The number of aliphatic hydroxyl groups excluding tert-OH is 1. The van der Waals surface area contributed by atoms with Crippen LogP contribution < -0.4 is 5.73 Å². The van der Waals surface area contributed by atoms with Crippen LogP contribution in [-0.2, 0) is 9.53 Å². The first-order chi connectivity index (χ1) is 5.24. The van der Waals surface area contributed by atoms with Crippen molar-refractivity contribution in [1.29, 1.82) is 0 Å². The van der Waals surface area contributed by atoms with E-state index in [4.69, 9.17) is 4.74 Å². The summed E-state index contributed by atoms with van der Waals surface area (Å²) in [6.07, 6.45) is -1.12. The highest BCUT2D eigenvalue weighted by Gasteiger charge is 2.27. The molecule has 12 heavy (non-hydrogen) atoms. The first kappa shape index (κ1) is 11.4. The van der Waals surface area contributed by atoms with Crippen molar-refractivity contribution in [2.24, 2.45) is 0 Å². The van der Waals surface area contributed by atoms with Crippen LogP contribution in [0.4, 0.5) is 0 Å². The quantitative estimate of drug-likeness (QED) is 0.547. The lowest BCUT2D eigenvalue weighted by Crippen LogP contribution is -2.66. The fourth-order valence-electron chi connectivity index (χ4n) is 0.594. The van der Waals surface area contributed by atoms with Crippen molar-refractivity contribution in [1.82, 2.24) is 0 Å². The third kappa shape index (κ3) is 4.31. The van der Waals surface area contributed by atoms with E-state index in [0.29, 0.717) is 0 Å². The van der Waals surface area contributed by atoms with E-state index in [0.717, 1.165) is 0 Å². The van der Waals surface area contributed by atoms with Crippen LogP contribution in [0.1, 0.15) is 27.7 Å². The summed E-state index contributed by atoms with van der Waals surface area (Å²) in [5, 5.41) is 9.22. The molecule has 2 atom stereocenters. The Morgan fingerprint density at radius 1 is 1.50 bits per heavy atom. The second-order valence-electron chi connectivity index (χ2n) is 3.96. The monoisotopic (exact) mass is 176 g/mol. The summed E-state index contributed by atoms with van der Waals surface area (Å²) in [5.41, 5.74) is 2.99. The predicted octanol–water partition coefficient (Wildman–Crippen LogP) is -0.681. The summed E-state index contributed by atoms with van der Waals surface area (Å²) in [6, 6.07) is -0.347. The van der Waals surface area contributed by atoms with Crippen LogP contribution in [0.25, 0.3) is 0 Å². The van der Waals surface area contributed by atoms with E-state index < -0.39 is 17.7 Å². The van der Waals surface area contributed by atoms with Gasteiger partial charge in [-0.2, -0.15) is 0 Å². The molecule has 4 heteroatoms. The number of hydrogen-bond donors (Lipinski definition) is 2. The summed E-state index contributed by atoms with van der Waals surface area (Å²) in [4.78, 5) is 11.1. The Bertz CT molecular complexity index is 160. The number of hydrogen-bond acceptors (Lipinski definition) is 3. The van der Waals surface area contributed by atoms with E-state index in [1.165, 1.54) is 0 Å². The van der Waals surface area contributed by atoms with Crippen molar-refractivity contribution in [3.05, 3.63) is 0 Å². The van der Waals surface area contributed by atoms with Gasteiger partial charge in [-0.05, 0) is 27.7 Å². The molecule has 0 rings (SSSR count). The van der Waals surface area contributed by atoms with Gasteiger partial charge in [0.1, 0.15) is 11.6 Å². The van der Waals surface area contributed by atoms with Gasteiger partial charge in [-0.25, -0.2) is 4.79 Å². The number of rotatable bonds is 2. The first-order valence-electron chi connectivity index (χ1n) is 3.98. The van der Waals surface area contributed by atoms with Crippen LogP contribution in [0.2, 0.25) is 0 Å². The van der Waals surface area contributed by atoms with Crippen LogP contribution >= 0.6 is 0 Å². The summed E-state index contributed by atoms with van der Waals surface area (Å²) in [7, 11) is 0. The largest absolute Gasteiger partial charge is 0.458 e. The van der Waals surface area contributed by atoms with Gasteiger partial charge >= 0.3 is 5.97 Å². The van der Waals surface area contributed by atoms with E-state index in [-0.39, 0.29) is 6.04 Å². The van der Waals surface area contributed by atoms with Crippen molar-refractivity contribution >= 4 is 5.97 Å². The molecule has 0 saturated carbocycles. The SMILES string of the molecule is C[C@H]([NH3+])[C@H](O)C(=O)OC(C)(C)C. The molecule has 0 heterocycles. The van der Waals surface area contributed by atoms with Crippen LogP contribution in [0.5, 0.6) is 0 Å². The molecule has 0 aliphatic carbocycles. The Balaban J connectivity index is 4.05. The topological polar surface area (TPSA) is 74.2 Å². The molecule has 4 N–H and O–H groups in total. The Hall–Kier alpha value is -0.610. The highest BCUT2D eigenvalue weighted by atomic mass is 16.6. The molecule has 0 radical (unpaired) electrons. The summed E-state index contributed by atoms with van der Waals surface area (Å²) in [6.45, 7) is 6.93. The molecule has 0 aliphatic heterocycles. The Morgan fingerprint density at radius 2 is 1.92 bits per heavy atom. The van der Waals surface area contributed by atoms with E-state index in [9.17, 15) is 9.90 Å². The van der Waals surface area contributed by atoms with Gasteiger partial charge in [-0.15, -0.1) is 0 Å². The maximum Gasteiger partial charge on any atom is 0.341 e. The van der Waals surface area contributed by atoms with E-state index in [2.05, 4.69) is 5.73 Å². The van der Waals surface area contributed by atoms with Gasteiger partial charge in [0.15, 0.2) is 0 Å². The lowest BCUT2D eigenvalue weighted by molar-refractivity contribution is -0.428. The second kappa shape index (κ2) is 3.87. The van der Waals surface area contributed by atoms with Crippen molar-refractivity contribution in [3.8, 4) is 0 Å². The molecule has 0 aromatic heterocycles. The van der Waals surface area contributed by atoms with Gasteiger partial charge in [0, 0.05) is 0 Å². The Kier molecular flexibility index (Phi) is 3.67. The fourth-order valence-corrected chi connectivity index (χ4v) is 0.594. The zero-order valence-corrected chi connectivity index (χ0v) is 8.13. The Labute approximate surface area is 72.7 Å². The molecule has 0 saturated heterocycles. The molecule has 0 aromatic carbocycles. The molecular weight excluding hydrogens is 158 g/mol. The van der Waals surface area contributed by atoms with Gasteiger partial charge in [0.2, 0.25) is 6.10 Å². The molecule has 0 amide bonds. The van der Waals surface area contributed by atoms with Crippen LogP contribution in [0.15, 0.2) is 0 Å². The zero-order chi connectivity index (χ0) is 9.94. The number of aliphatic hydroxyl groups is 1. The molecule has 0 unspecified atom stereocenters. The molecular formula is C8H18NO3+. The molecule has 0 aromatic rings.